The van der Waals surface area contributed by atoms with E-state index in [4.69, 9.17) is 4.42 Å². The fraction of sp³-hybridized carbons (Fsp3) is 0.0909. The fourth-order valence-electron chi connectivity index (χ4n) is 6.15. The van der Waals surface area contributed by atoms with Crippen LogP contribution in [0.5, 0.6) is 0 Å². The standard InChI is InChI=1S/C33H22OS/c1-33(2)26-11-5-3-8-21(26)24-17-25-29(18-27(24)33)34-28-12-7-10-20(32(25)28)19-14-15-23-22-9-4-6-13-30(22)35-31(23)16-19/h3-18H,1-2H3. The maximum atomic E-state index is 6.47. The molecule has 2 heterocycles. The van der Waals surface area contributed by atoms with Gasteiger partial charge in [-0.25, -0.2) is 0 Å². The van der Waals surface area contributed by atoms with Crippen molar-refractivity contribution in [2.45, 2.75) is 19.3 Å². The molecule has 0 amide bonds. The predicted octanol–water partition coefficient (Wildman–Crippen LogP) is 9.93. The molecule has 0 aliphatic heterocycles. The quantitative estimate of drug-likeness (QED) is 0.235. The van der Waals surface area contributed by atoms with Crippen molar-refractivity contribution in [1.29, 1.82) is 0 Å². The van der Waals surface area contributed by atoms with E-state index in [0.717, 1.165) is 11.2 Å². The molecular formula is C33H22OS. The molecule has 0 radical (unpaired) electrons. The summed E-state index contributed by atoms with van der Waals surface area (Å²) in [5.74, 6) is 0. The summed E-state index contributed by atoms with van der Waals surface area (Å²) in [5, 5.41) is 5.06. The van der Waals surface area contributed by atoms with Gasteiger partial charge in [0.1, 0.15) is 11.2 Å². The molecule has 1 nitrogen and oxygen atoms in total. The topological polar surface area (TPSA) is 13.1 Å². The molecule has 8 rings (SSSR count). The second kappa shape index (κ2) is 6.62. The van der Waals surface area contributed by atoms with Crippen LogP contribution in [0.4, 0.5) is 0 Å². The highest BCUT2D eigenvalue weighted by Gasteiger charge is 2.36. The van der Waals surface area contributed by atoms with Crippen molar-refractivity contribution in [2.75, 3.05) is 0 Å². The van der Waals surface area contributed by atoms with E-state index in [2.05, 4.69) is 111 Å². The number of benzene rings is 5. The normalized spacial score (nSPS) is 14.2. The van der Waals surface area contributed by atoms with Crippen LogP contribution in [-0.2, 0) is 5.41 Å². The molecule has 0 bridgehead atoms. The van der Waals surface area contributed by atoms with Gasteiger partial charge >= 0.3 is 0 Å². The van der Waals surface area contributed by atoms with E-state index in [-0.39, 0.29) is 5.41 Å². The summed E-state index contributed by atoms with van der Waals surface area (Å²) in [4.78, 5) is 0. The maximum Gasteiger partial charge on any atom is 0.136 e. The molecule has 1 aliphatic carbocycles. The Morgan fingerprint density at radius 2 is 1.37 bits per heavy atom. The highest BCUT2D eigenvalue weighted by Crippen LogP contribution is 2.51. The summed E-state index contributed by atoms with van der Waals surface area (Å²) in [6.45, 7) is 4.63. The molecule has 7 aromatic rings. The molecule has 0 saturated carbocycles. The van der Waals surface area contributed by atoms with Crippen molar-refractivity contribution in [2.24, 2.45) is 0 Å². The van der Waals surface area contributed by atoms with Crippen LogP contribution in [-0.4, -0.2) is 0 Å². The Morgan fingerprint density at radius 3 is 2.31 bits per heavy atom. The molecule has 1 aliphatic rings. The lowest BCUT2D eigenvalue weighted by Gasteiger charge is -2.21. The minimum Gasteiger partial charge on any atom is -0.456 e. The van der Waals surface area contributed by atoms with E-state index in [1.54, 1.807) is 0 Å². The number of thiophene rings is 1. The molecule has 35 heavy (non-hydrogen) atoms. The monoisotopic (exact) mass is 466 g/mol. The molecule has 5 aromatic carbocycles. The molecule has 0 unspecified atom stereocenters. The smallest absolute Gasteiger partial charge is 0.136 e. The second-order valence-electron chi connectivity index (χ2n) is 10.2. The van der Waals surface area contributed by atoms with E-state index >= 15 is 0 Å². The first kappa shape index (κ1) is 19.4. The van der Waals surface area contributed by atoms with Gasteiger partial charge < -0.3 is 4.42 Å². The molecule has 2 heteroatoms. The zero-order valence-corrected chi connectivity index (χ0v) is 20.4. The van der Waals surface area contributed by atoms with E-state index < -0.39 is 0 Å². The van der Waals surface area contributed by atoms with Gasteiger partial charge in [0.2, 0.25) is 0 Å². The number of furan rings is 1. The van der Waals surface area contributed by atoms with Crippen molar-refractivity contribution >= 4 is 53.4 Å². The molecule has 0 saturated heterocycles. The lowest BCUT2D eigenvalue weighted by molar-refractivity contribution is 0.647. The van der Waals surface area contributed by atoms with Crippen LogP contribution in [0.3, 0.4) is 0 Å². The maximum absolute atomic E-state index is 6.47. The summed E-state index contributed by atoms with van der Waals surface area (Å²) in [6, 6.07) is 35.5. The van der Waals surface area contributed by atoms with Gasteiger partial charge in [0, 0.05) is 36.4 Å². The first-order chi connectivity index (χ1) is 17.1. The lowest BCUT2D eigenvalue weighted by Crippen LogP contribution is -2.14. The predicted molar refractivity (Wildman–Crippen MR) is 150 cm³/mol. The Labute approximate surface area is 207 Å². The van der Waals surface area contributed by atoms with Gasteiger partial charge in [-0.15, -0.1) is 11.3 Å². The number of hydrogen-bond donors (Lipinski definition) is 0. The minimum absolute atomic E-state index is 0.0336. The average molecular weight is 467 g/mol. The van der Waals surface area contributed by atoms with Gasteiger partial charge in [-0.2, -0.15) is 0 Å². The van der Waals surface area contributed by atoms with Crippen LogP contribution >= 0.6 is 11.3 Å². The Balaban J connectivity index is 1.41. The van der Waals surface area contributed by atoms with Crippen molar-refractivity contribution in [3.63, 3.8) is 0 Å². The van der Waals surface area contributed by atoms with E-state index in [1.807, 2.05) is 11.3 Å². The van der Waals surface area contributed by atoms with Crippen LogP contribution in [0.2, 0.25) is 0 Å². The largest absolute Gasteiger partial charge is 0.456 e. The number of rotatable bonds is 1. The number of hydrogen-bond acceptors (Lipinski definition) is 2. The summed E-state index contributed by atoms with van der Waals surface area (Å²) in [5.41, 5.74) is 9.75. The molecule has 2 aromatic heterocycles. The highest BCUT2D eigenvalue weighted by atomic mass is 32.1. The Bertz CT molecular complexity index is 1980. The van der Waals surface area contributed by atoms with E-state index in [1.165, 1.54) is 64.3 Å². The Kier molecular flexibility index (Phi) is 3.67. The van der Waals surface area contributed by atoms with Crippen molar-refractivity contribution in [1.82, 2.24) is 0 Å². The van der Waals surface area contributed by atoms with Crippen molar-refractivity contribution in [3.05, 3.63) is 108 Å². The molecule has 0 fully saturated rings. The van der Waals surface area contributed by atoms with E-state index in [0.29, 0.717) is 0 Å². The van der Waals surface area contributed by atoms with Gasteiger partial charge in [0.25, 0.3) is 0 Å². The van der Waals surface area contributed by atoms with Crippen LogP contribution in [0.1, 0.15) is 25.0 Å². The second-order valence-corrected chi connectivity index (χ2v) is 11.2. The molecule has 0 atom stereocenters. The van der Waals surface area contributed by atoms with Crippen molar-refractivity contribution in [3.8, 4) is 22.3 Å². The zero-order valence-electron chi connectivity index (χ0n) is 19.6. The molecular weight excluding hydrogens is 444 g/mol. The van der Waals surface area contributed by atoms with Gasteiger partial charge in [0.05, 0.1) is 0 Å². The van der Waals surface area contributed by atoms with Crippen LogP contribution < -0.4 is 0 Å². The van der Waals surface area contributed by atoms with Crippen LogP contribution in [0.25, 0.3) is 64.4 Å². The summed E-state index contributed by atoms with van der Waals surface area (Å²) in [6.07, 6.45) is 0. The first-order valence-corrected chi connectivity index (χ1v) is 12.9. The third-order valence-electron chi connectivity index (χ3n) is 7.89. The Morgan fingerprint density at radius 1 is 0.571 bits per heavy atom. The van der Waals surface area contributed by atoms with Crippen LogP contribution in [0.15, 0.2) is 101 Å². The van der Waals surface area contributed by atoms with E-state index in [9.17, 15) is 0 Å². The zero-order chi connectivity index (χ0) is 23.3. The molecule has 166 valence electrons. The Hall–Kier alpha value is -3.88. The van der Waals surface area contributed by atoms with Crippen molar-refractivity contribution < 1.29 is 4.42 Å². The SMILES string of the molecule is CC1(C)c2ccccc2-c2cc3c(cc21)oc1cccc(-c2ccc4c(c2)sc2ccccc24)c13. The van der Waals surface area contributed by atoms with Gasteiger partial charge in [-0.3, -0.25) is 0 Å². The fourth-order valence-corrected chi connectivity index (χ4v) is 7.30. The van der Waals surface area contributed by atoms with Gasteiger partial charge in [-0.05, 0) is 63.7 Å². The number of fused-ring (bicyclic) bond motifs is 9. The van der Waals surface area contributed by atoms with Gasteiger partial charge in [-0.1, -0.05) is 80.6 Å². The lowest BCUT2D eigenvalue weighted by atomic mass is 9.82. The summed E-state index contributed by atoms with van der Waals surface area (Å²) >= 11 is 1.87. The summed E-state index contributed by atoms with van der Waals surface area (Å²) < 4.78 is 9.13. The molecule has 0 N–H and O–H groups in total. The van der Waals surface area contributed by atoms with Crippen LogP contribution in [0, 0.1) is 0 Å². The average Bonchev–Trinajstić information content (AvgIpc) is 3.51. The minimum atomic E-state index is -0.0336. The van der Waals surface area contributed by atoms with Gasteiger partial charge in [0.15, 0.2) is 0 Å². The molecule has 0 spiro atoms. The third-order valence-corrected chi connectivity index (χ3v) is 9.02. The first-order valence-electron chi connectivity index (χ1n) is 12.1. The summed E-state index contributed by atoms with van der Waals surface area (Å²) in [7, 11) is 0. The third kappa shape index (κ3) is 2.53. The highest BCUT2D eigenvalue weighted by molar-refractivity contribution is 7.25.